The number of nitrogens with zero attached hydrogens (tertiary/aromatic N) is 3. The van der Waals surface area contributed by atoms with E-state index in [2.05, 4.69) is 19.9 Å². The number of hydrogen-bond acceptors (Lipinski definition) is 5. The SMILES string of the molecule is NC(=O)c1ncc(N=CC2CCCSC2)nc1-c1cc2ccccc2[nH]1. The highest BCUT2D eigenvalue weighted by atomic mass is 32.2. The third-order valence-corrected chi connectivity index (χ3v) is 5.63. The van der Waals surface area contributed by atoms with E-state index in [9.17, 15) is 4.79 Å². The van der Waals surface area contributed by atoms with Crippen molar-refractivity contribution in [3.05, 3.63) is 42.2 Å². The van der Waals surface area contributed by atoms with Crippen LogP contribution < -0.4 is 5.73 Å². The fraction of sp³-hybridized carbons (Fsp3) is 0.263. The summed E-state index contributed by atoms with van der Waals surface area (Å²) in [6.45, 7) is 0. The lowest BCUT2D eigenvalue weighted by atomic mass is 10.1. The smallest absolute Gasteiger partial charge is 0.269 e. The zero-order valence-corrected chi connectivity index (χ0v) is 15.0. The van der Waals surface area contributed by atoms with Gasteiger partial charge in [-0.1, -0.05) is 18.2 Å². The number of aliphatic imine (C=N–C) groups is 1. The van der Waals surface area contributed by atoms with Crippen LogP contribution >= 0.6 is 11.8 Å². The average Bonchev–Trinajstić information content (AvgIpc) is 3.11. The molecule has 1 saturated heterocycles. The van der Waals surface area contributed by atoms with Gasteiger partial charge in [0.25, 0.3) is 5.91 Å². The number of fused-ring (bicyclic) bond motifs is 1. The Morgan fingerprint density at radius 1 is 1.38 bits per heavy atom. The van der Waals surface area contributed by atoms with Gasteiger partial charge in [-0.15, -0.1) is 0 Å². The normalized spacial score (nSPS) is 17.8. The van der Waals surface area contributed by atoms with Crippen molar-refractivity contribution >= 4 is 40.6 Å². The monoisotopic (exact) mass is 365 g/mol. The van der Waals surface area contributed by atoms with Gasteiger partial charge < -0.3 is 10.7 Å². The van der Waals surface area contributed by atoms with E-state index in [4.69, 9.17) is 5.73 Å². The molecule has 1 aromatic carbocycles. The molecule has 0 spiro atoms. The number of aromatic amines is 1. The second-order valence-electron chi connectivity index (χ2n) is 6.32. The van der Waals surface area contributed by atoms with Crippen LogP contribution in [0, 0.1) is 5.92 Å². The van der Waals surface area contributed by atoms with Crippen LogP contribution in [0.25, 0.3) is 22.3 Å². The molecule has 3 heterocycles. The van der Waals surface area contributed by atoms with E-state index in [-0.39, 0.29) is 5.69 Å². The first kappa shape index (κ1) is 16.8. The Labute approximate surface area is 155 Å². The number of carbonyl (C=O) groups is 1. The Balaban J connectivity index is 1.71. The molecular weight excluding hydrogens is 346 g/mol. The summed E-state index contributed by atoms with van der Waals surface area (Å²) in [5.41, 5.74) is 7.74. The molecule has 3 N–H and O–H groups in total. The maximum absolute atomic E-state index is 11.8. The number of benzene rings is 1. The summed E-state index contributed by atoms with van der Waals surface area (Å²) in [5.74, 6) is 2.65. The standard InChI is InChI=1S/C19H19N5OS/c20-19(25)18-17(15-8-13-5-1-2-6-14(13)23-15)24-16(10-22-18)21-9-12-4-3-7-26-11-12/h1-2,5-6,8-10,12,23H,3-4,7,11H2,(H2,20,25). The van der Waals surface area contributed by atoms with E-state index in [1.165, 1.54) is 18.4 Å². The minimum Gasteiger partial charge on any atom is -0.364 e. The fourth-order valence-electron chi connectivity index (χ4n) is 3.08. The quantitative estimate of drug-likeness (QED) is 0.691. The van der Waals surface area contributed by atoms with Crippen LogP contribution in [-0.4, -0.2) is 38.6 Å². The molecule has 1 aliphatic rings. The number of nitrogens with one attached hydrogen (secondary N) is 1. The van der Waals surface area contributed by atoms with Crippen molar-refractivity contribution in [1.29, 1.82) is 0 Å². The first-order valence-corrected chi connectivity index (χ1v) is 9.73. The predicted octanol–water partition coefficient (Wildman–Crippen LogP) is 3.57. The van der Waals surface area contributed by atoms with Crippen LogP contribution in [0.1, 0.15) is 23.3 Å². The number of carbonyl (C=O) groups excluding carboxylic acids is 1. The molecule has 0 aliphatic carbocycles. The average molecular weight is 365 g/mol. The molecule has 0 radical (unpaired) electrons. The van der Waals surface area contributed by atoms with Gasteiger partial charge in [0.2, 0.25) is 0 Å². The number of hydrogen-bond donors (Lipinski definition) is 2. The molecule has 1 amide bonds. The zero-order valence-electron chi connectivity index (χ0n) is 14.2. The van der Waals surface area contributed by atoms with Crippen LogP contribution in [-0.2, 0) is 0 Å². The maximum atomic E-state index is 11.8. The summed E-state index contributed by atoms with van der Waals surface area (Å²) in [4.78, 5) is 28.3. The first-order valence-electron chi connectivity index (χ1n) is 8.57. The third kappa shape index (κ3) is 3.48. The fourth-order valence-corrected chi connectivity index (χ4v) is 4.17. The summed E-state index contributed by atoms with van der Waals surface area (Å²) in [5, 5.41) is 1.04. The molecular formula is C19H19N5OS. The molecule has 1 fully saturated rings. The molecule has 3 aromatic rings. The van der Waals surface area contributed by atoms with Crippen molar-refractivity contribution in [3.63, 3.8) is 0 Å². The van der Waals surface area contributed by atoms with Crippen molar-refractivity contribution < 1.29 is 4.79 Å². The number of thioether (sulfide) groups is 1. The van der Waals surface area contributed by atoms with Gasteiger partial charge in [0.15, 0.2) is 11.5 Å². The van der Waals surface area contributed by atoms with Gasteiger partial charge in [-0.25, -0.2) is 15.0 Å². The second kappa shape index (κ2) is 7.29. The van der Waals surface area contributed by atoms with Gasteiger partial charge in [-0.3, -0.25) is 4.79 Å². The minimum absolute atomic E-state index is 0.142. The van der Waals surface area contributed by atoms with Crippen LogP contribution in [0.4, 0.5) is 5.82 Å². The maximum Gasteiger partial charge on any atom is 0.269 e. The van der Waals surface area contributed by atoms with E-state index in [1.807, 2.05) is 48.3 Å². The topological polar surface area (TPSA) is 97.0 Å². The zero-order chi connectivity index (χ0) is 17.9. The molecule has 4 rings (SSSR count). The number of rotatable bonds is 4. The molecule has 1 unspecified atom stereocenters. The lowest BCUT2D eigenvalue weighted by Crippen LogP contribution is -2.15. The summed E-state index contributed by atoms with van der Waals surface area (Å²) in [6, 6.07) is 9.82. The van der Waals surface area contributed by atoms with Gasteiger partial charge in [0.05, 0.1) is 11.9 Å². The van der Waals surface area contributed by atoms with Crippen molar-refractivity contribution in [1.82, 2.24) is 15.0 Å². The lowest BCUT2D eigenvalue weighted by Gasteiger charge is -2.16. The minimum atomic E-state index is -0.606. The largest absolute Gasteiger partial charge is 0.364 e. The Hall–Kier alpha value is -2.67. The van der Waals surface area contributed by atoms with E-state index in [0.717, 1.165) is 23.1 Å². The van der Waals surface area contributed by atoms with E-state index >= 15 is 0 Å². The molecule has 2 aromatic heterocycles. The Bertz CT molecular complexity index is 942. The summed E-state index contributed by atoms with van der Waals surface area (Å²) < 4.78 is 0. The van der Waals surface area contributed by atoms with E-state index in [1.54, 1.807) is 0 Å². The molecule has 0 bridgehead atoms. The van der Waals surface area contributed by atoms with Crippen molar-refractivity contribution in [2.45, 2.75) is 12.8 Å². The predicted molar refractivity (Wildman–Crippen MR) is 106 cm³/mol. The highest BCUT2D eigenvalue weighted by molar-refractivity contribution is 7.99. The van der Waals surface area contributed by atoms with Crippen LogP contribution in [0.3, 0.4) is 0 Å². The first-order chi connectivity index (χ1) is 12.7. The molecule has 1 aliphatic heterocycles. The summed E-state index contributed by atoms with van der Waals surface area (Å²) >= 11 is 1.95. The third-order valence-electron chi connectivity index (χ3n) is 4.39. The Morgan fingerprint density at radius 2 is 2.27 bits per heavy atom. The van der Waals surface area contributed by atoms with Crippen LogP contribution in [0.5, 0.6) is 0 Å². The number of para-hydroxylation sites is 1. The van der Waals surface area contributed by atoms with E-state index < -0.39 is 5.91 Å². The number of H-pyrrole nitrogens is 1. The Morgan fingerprint density at radius 3 is 3.04 bits per heavy atom. The van der Waals surface area contributed by atoms with E-state index in [0.29, 0.717) is 23.1 Å². The molecule has 7 heteroatoms. The highest BCUT2D eigenvalue weighted by Crippen LogP contribution is 2.27. The summed E-state index contributed by atoms with van der Waals surface area (Å²) in [7, 11) is 0. The van der Waals surface area contributed by atoms with Crippen molar-refractivity contribution in [2.75, 3.05) is 11.5 Å². The molecule has 132 valence electrons. The van der Waals surface area contributed by atoms with Gasteiger partial charge in [0, 0.05) is 28.8 Å². The second-order valence-corrected chi connectivity index (χ2v) is 7.47. The van der Waals surface area contributed by atoms with Gasteiger partial charge >= 0.3 is 0 Å². The highest BCUT2D eigenvalue weighted by Gasteiger charge is 2.17. The van der Waals surface area contributed by atoms with Crippen LogP contribution in [0.2, 0.25) is 0 Å². The number of primary amides is 1. The lowest BCUT2D eigenvalue weighted by molar-refractivity contribution is 0.0996. The molecule has 0 saturated carbocycles. The van der Waals surface area contributed by atoms with Crippen molar-refractivity contribution in [3.8, 4) is 11.4 Å². The Kier molecular flexibility index (Phi) is 4.71. The molecule has 6 nitrogen and oxygen atoms in total. The van der Waals surface area contributed by atoms with Gasteiger partial charge in [-0.2, -0.15) is 11.8 Å². The number of amides is 1. The number of aromatic nitrogens is 3. The van der Waals surface area contributed by atoms with Gasteiger partial charge in [-0.05, 0) is 30.7 Å². The summed E-state index contributed by atoms with van der Waals surface area (Å²) in [6.07, 6.45) is 5.82. The van der Waals surface area contributed by atoms with Gasteiger partial charge in [0.1, 0.15) is 5.69 Å². The molecule has 1 atom stereocenters. The number of nitrogens with two attached hydrogens (primary N) is 1. The van der Waals surface area contributed by atoms with Crippen LogP contribution in [0.15, 0.2) is 41.5 Å². The molecule has 26 heavy (non-hydrogen) atoms. The van der Waals surface area contributed by atoms with Crippen molar-refractivity contribution in [2.24, 2.45) is 16.6 Å².